The first-order valence-electron chi connectivity index (χ1n) is 8.95. The number of hydrogen-bond acceptors (Lipinski definition) is 3. The first kappa shape index (κ1) is 21.0. The molecule has 3 rings (SSSR count). The van der Waals surface area contributed by atoms with Crippen molar-refractivity contribution in [3.05, 3.63) is 0 Å². The van der Waals surface area contributed by atoms with Gasteiger partial charge in [-0.3, -0.25) is 4.79 Å². The lowest BCUT2D eigenvalue weighted by atomic mass is 9.67. The summed E-state index contributed by atoms with van der Waals surface area (Å²) in [5.41, 5.74) is -0.103. The third kappa shape index (κ3) is 4.75. The van der Waals surface area contributed by atoms with E-state index in [9.17, 15) is 4.79 Å². The number of piperidine rings is 1. The normalized spacial score (nSPS) is 32.1. The minimum atomic E-state index is -0.103. The number of carbonyl (C=O) groups excluding carboxylic acids is 1. The van der Waals surface area contributed by atoms with Gasteiger partial charge in [-0.05, 0) is 58.2 Å². The number of nitrogens with one attached hydrogen (secondary N) is 2. The van der Waals surface area contributed by atoms with Gasteiger partial charge in [-0.2, -0.15) is 0 Å². The molecule has 0 aromatic carbocycles. The molecule has 0 radical (unpaired) electrons. The summed E-state index contributed by atoms with van der Waals surface area (Å²) in [5.74, 6) is 0.884. The Morgan fingerprint density at radius 3 is 2.70 bits per heavy atom. The second kappa shape index (κ2) is 9.45. The van der Waals surface area contributed by atoms with Crippen LogP contribution in [-0.4, -0.2) is 49.6 Å². The average Bonchev–Trinajstić information content (AvgIpc) is 2.93. The highest BCUT2D eigenvalue weighted by atomic mass is 35.5. The molecule has 0 aromatic heterocycles. The highest BCUT2D eigenvalue weighted by Gasteiger charge is 2.49. The average molecular weight is 366 g/mol. The lowest BCUT2D eigenvalue weighted by Crippen LogP contribution is -2.52. The minimum absolute atomic E-state index is 0. The van der Waals surface area contributed by atoms with Crippen LogP contribution in [0.25, 0.3) is 0 Å². The van der Waals surface area contributed by atoms with E-state index in [0.717, 1.165) is 26.1 Å². The Hall–Kier alpha value is -0.0300. The molecule has 3 aliphatic rings. The number of hydrogen-bond donors (Lipinski definition) is 2. The van der Waals surface area contributed by atoms with E-state index >= 15 is 0 Å². The van der Waals surface area contributed by atoms with Gasteiger partial charge in [0.25, 0.3) is 0 Å². The number of carbonyl (C=O) groups is 1. The predicted molar refractivity (Wildman–Crippen MR) is 99.7 cm³/mol. The third-order valence-corrected chi connectivity index (χ3v) is 5.85. The Morgan fingerprint density at radius 2 is 1.96 bits per heavy atom. The van der Waals surface area contributed by atoms with Gasteiger partial charge < -0.3 is 15.5 Å². The van der Waals surface area contributed by atoms with Gasteiger partial charge in [0.2, 0.25) is 5.91 Å². The fraction of sp³-hybridized carbons (Fsp3) is 0.941. The highest BCUT2D eigenvalue weighted by Crippen LogP contribution is 2.43. The van der Waals surface area contributed by atoms with Crippen molar-refractivity contribution in [2.45, 2.75) is 57.9 Å². The van der Waals surface area contributed by atoms with Crippen LogP contribution in [0.5, 0.6) is 0 Å². The zero-order chi connectivity index (χ0) is 14.7. The maximum absolute atomic E-state index is 12.9. The zero-order valence-electron chi connectivity index (χ0n) is 14.3. The summed E-state index contributed by atoms with van der Waals surface area (Å²) in [6.07, 6.45) is 8.81. The number of rotatable bonds is 4. The molecule has 1 amide bonds. The standard InChI is InChI=1S/C17H31N3O.2ClH/c1-14(12-20-9-5-2-6-10-20)19-16(21)17-8-4-3-7-15(17)11-18-13-17;;/h14-15,18H,2-13H2,1H3,(H,19,21);2*1H/t14?,15-,17+;;/m0../s1. The Kier molecular flexibility index (Phi) is 8.64. The van der Waals surface area contributed by atoms with E-state index in [1.54, 1.807) is 0 Å². The fourth-order valence-corrected chi connectivity index (χ4v) is 4.63. The van der Waals surface area contributed by atoms with Crippen LogP contribution in [0.1, 0.15) is 51.9 Å². The van der Waals surface area contributed by atoms with Gasteiger partial charge in [-0.1, -0.05) is 19.3 Å². The van der Waals surface area contributed by atoms with E-state index in [-0.39, 0.29) is 36.3 Å². The monoisotopic (exact) mass is 365 g/mol. The smallest absolute Gasteiger partial charge is 0.228 e. The second-order valence-electron chi connectivity index (χ2n) is 7.47. The highest BCUT2D eigenvalue weighted by molar-refractivity contribution is 5.85. The summed E-state index contributed by atoms with van der Waals surface area (Å²) in [6.45, 7) is 7.52. The Bertz CT molecular complexity index is 377. The van der Waals surface area contributed by atoms with Crippen LogP contribution in [-0.2, 0) is 4.79 Å². The van der Waals surface area contributed by atoms with Crippen molar-refractivity contribution in [2.75, 3.05) is 32.7 Å². The zero-order valence-corrected chi connectivity index (χ0v) is 15.9. The molecule has 3 atom stereocenters. The van der Waals surface area contributed by atoms with Gasteiger partial charge >= 0.3 is 0 Å². The molecular weight excluding hydrogens is 333 g/mol. The molecule has 1 saturated carbocycles. The number of amides is 1. The number of likely N-dealkylation sites (tertiary alicyclic amines) is 1. The predicted octanol–water partition coefficient (Wildman–Crippen LogP) is 2.60. The maximum atomic E-state index is 12.9. The SMILES string of the molecule is CC(CN1CCCCC1)NC(=O)[C@@]12CCCC[C@H]1CNC2.Cl.Cl. The molecular formula is C17H33Cl2N3O. The topological polar surface area (TPSA) is 44.4 Å². The van der Waals surface area contributed by atoms with Crippen molar-refractivity contribution in [2.24, 2.45) is 11.3 Å². The van der Waals surface area contributed by atoms with Crippen LogP contribution in [0.15, 0.2) is 0 Å². The Labute approximate surface area is 153 Å². The lowest BCUT2D eigenvalue weighted by molar-refractivity contribution is -0.134. The maximum Gasteiger partial charge on any atom is 0.228 e. The van der Waals surface area contributed by atoms with Crippen molar-refractivity contribution >= 4 is 30.7 Å². The van der Waals surface area contributed by atoms with Crippen molar-refractivity contribution in [1.29, 1.82) is 0 Å². The third-order valence-electron chi connectivity index (χ3n) is 5.85. The van der Waals surface area contributed by atoms with Gasteiger partial charge in [-0.15, -0.1) is 24.8 Å². The summed E-state index contributed by atoms with van der Waals surface area (Å²) >= 11 is 0. The summed E-state index contributed by atoms with van der Waals surface area (Å²) in [6, 6.07) is 0.271. The van der Waals surface area contributed by atoms with Gasteiger partial charge in [0, 0.05) is 19.1 Å². The first-order valence-corrected chi connectivity index (χ1v) is 8.95. The van der Waals surface area contributed by atoms with Crippen LogP contribution in [0.4, 0.5) is 0 Å². The van der Waals surface area contributed by atoms with E-state index in [1.165, 1.54) is 51.6 Å². The van der Waals surface area contributed by atoms with Crippen molar-refractivity contribution < 1.29 is 4.79 Å². The molecule has 2 heterocycles. The summed E-state index contributed by atoms with van der Waals surface area (Å²) in [4.78, 5) is 15.4. The summed E-state index contributed by atoms with van der Waals surface area (Å²) in [5, 5.41) is 6.81. The molecule has 0 aromatic rings. The molecule has 3 fully saturated rings. The molecule has 1 aliphatic carbocycles. The van der Waals surface area contributed by atoms with Crippen LogP contribution < -0.4 is 10.6 Å². The molecule has 136 valence electrons. The fourth-order valence-electron chi connectivity index (χ4n) is 4.63. The second-order valence-corrected chi connectivity index (χ2v) is 7.47. The molecule has 6 heteroatoms. The van der Waals surface area contributed by atoms with E-state index in [2.05, 4.69) is 22.5 Å². The molecule has 23 heavy (non-hydrogen) atoms. The molecule has 2 N–H and O–H groups in total. The van der Waals surface area contributed by atoms with Gasteiger partial charge in [0.15, 0.2) is 0 Å². The minimum Gasteiger partial charge on any atom is -0.352 e. The number of halogens is 2. The number of fused-ring (bicyclic) bond motifs is 1. The van der Waals surface area contributed by atoms with Crippen molar-refractivity contribution in [3.8, 4) is 0 Å². The lowest BCUT2D eigenvalue weighted by Gasteiger charge is -2.38. The summed E-state index contributed by atoms with van der Waals surface area (Å²) < 4.78 is 0. The molecule has 0 bridgehead atoms. The van der Waals surface area contributed by atoms with Crippen molar-refractivity contribution in [1.82, 2.24) is 15.5 Å². The van der Waals surface area contributed by atoms with Crippen LogP contribution in [0.3, 0.4) is 0 Å². The first-order chi connectivity index (χ1) is 10.2. The van der Waals surface area contributed by atoms with Gasteiger partial charge in [-0.25, -0.2) is 0 Å². The summed E-state index contributed by atoms with van der Waals surface area (Å²) in [7, 11) is 0. The van der Waals surface area contributed by atoms with Gasteiger partial charge in [0.05, 0.1) is 5.41 Å². The van der Waals surface area contributed by atoms with Crippen molar-refractivity contribution in [3.63, 3.8) is 0 Å². The van der Waals surface area contributed by atoms with Crippen LogP contribution in [0, 0.1) is 11.3 Å². The number of nitrogens with zero attached hydrogens (tertiary/aromatic N) is 1. The molecule has 2 aliphatic heterocycles. The molecule has 2 saturated heterocycles. The largest absolute Gasteiger partial charge is 0.352 e. The Morgan fingerprint density at radius 1 is 1.22 bits per heavy atom. The van der Waals surface area contributed by atoms with Crippen LogP contribution in [0.2, 0.25) is 0 Å². The van der Waals surface area contributed by atoms with E-state index in [1.807, 2.05) is 0 Å². The van der Waals surface area contributed by atoms with Crippen LogP contribution >= 0.6 is 24.8 Å². The van der Waals surface area contributed by atoms with E-state index < -0.39 is 0 Å². The quantitative estimate of drug-likeness (QED) is 0.804. The van der Waals surface area contributed by atoms with E-state index in [4.69, 9.17) is 0 Å². The van der Waals surface area contributed by atoms with Gasteiger partial charge in [0.1, 0.15) is 0 Å². The van der Waals surface area contributed by atoms with E-state index in [0.29, 0.717) is 11.8 Å². The molecule has 4 nitrogen and oxygen atoms in total. The molecule has 1 unspecified atom stereocenters. The molecule has 0 spiro atoms. The Balaban J connectivity index is 0.00000132.